The van der Waals surface area contributed by atoms with E-state index >= 15 is 0 Å². The highest BCUT2D eigenvalue weighted by Crippen LogP contribution is 2.36. The number of benzene rings is 2. The van der Waals surface area contributed by atoms with Crippen molar-refractivity contribution in [1.29, 1.82) is 0 Å². The van der Waals surface area contributed by atoms with E-state index in [0.717, 1.165) is 43.8 Å². The van der Waals surface area contributed by atoms with Crippen molar-refractivity contribution >= 4 is 27.7 Å². The van der Waals surface area contributed by atoms with E-state index in [1.807, 2.05) is 39.8 Å². The summed E-state index contributed by atoms with van der Waals surface area (Å²) in [5.41, 5.74) is 4.03. The van der Waals surface area contributed by atoms with Crippen LogP contribution in [-0.2, 0) is 24.3 Å². The van der Waals surface area contributed by atoms with E-state index in [9.17, 15) is 9.59 Å². The van der Waals surface area contributed by atoms with Crippen LogP contribution in [0.5, 0.6) is 0 Å². The van der Waals surface area contributed by atoms with Crippen molar-refractivity contribution in [3.8, 4) is 11.5 Å². The van der Waals surface area contributed by atoms with Crippen molar-refractivity contribution < 1.29 is 4.79 Å². The lowest BCUT2D eigenvalue weighted by Crippen LogP contribution is -2.47. The van der Waals surface area contributed by atoms with Crippen molar-refractivity contribution in [1.82, 2.24) is 23.9 Å². The smallest absolute Gasteiger partial charge is 0.261 e. The third-order valence-corrected chi connectivity index (χ3v) is 7.14. The molecule has 6 rings (SSSR count). The molecule has 0 unspecified atom stereocenters. The quantitative estimate of drug-likeness (QED) is 0.491. The van der Waals surface area contributed by atoms with Gasteiger partial charge in [-0.05, 0) is 37.2 Å². The summed E-state index contributed by atoms with van der Waals surface area (Å²) in [4.78, 5) is 35.4. The predicted molar refractivity (Wildman–Crippen MR) is 129 cm³/mol. The summed E-state index contributed by atoms with van der Waals surface area (Å²) in [7, 11) is 2.09. The molecule has 1 saturated heterocycles. The molecule has 0 bridgehead atoms. The number of carbonyl (C=O) groups excluding carboxylic acids is 1. The van der Waals surface area contributed by atoms with E-state index in [1.54, 1.807) is 0 Å². The highest BCUT2D eigenvalue weighted by Gasteiger charge is 2.28. The number of amides is 1. The number of para-hydroxylation sites is 2. The average molecular weight is 442 g/mol. The molecule has 2 aromatic heterocycles. The fraction of sp³-hybridized carbons (Fsp3) is 0.346. The van der Waals surface area contributed by atoms with E-state index in [0.29, 0.717) is 36.2 Å². The van der Waals surface area contributed by atoms with Crippen molar-refractivity contribution in [2.24, 2.45) is 0 Å². The van der Waals surface area contributed by atoms with Crippen LogP contribution in [0.3, 0.4) is 0 Å². The molecule has 7 heteroatoms. The lowest BCUT2D eigenvalue weighted by atomic mass is 10.0. The number of hydrogen-bond donors (Lipinski definition) is 0. The van der Waals surface area contributed by atoms with Crippen LogP contribution < -0.4 is 5.56 Å². The number of rotatable bonds is 3. The Morgan fingerprint density at radius 2 is 1.67 bits per heavy atom. The Bertz CT molecular complexity index is 1440. The monoisotopic (exact) mass is 441 g/mol. The summed E-state index contributed by atoms with van der Waals surface area (Å²) in [6, 6.07) is 15.9. The van der Waals surface area contributed by atoms with Gasteiger partial charge in [-0.15, -0.1) is 0 Å². The van der Waals surface area contributed by atoms with Gasteiger partial charge in [0.15, 0.2) is 5.82 Å². The molecule has 1 amide bonds. The Kier molecular flexibility index (Phi) is 4.80. The summed E-state index contributed by atoms with van der Waals surface area (Å²) in [5.74, 6) is 0.900. The molecule has 0 spiro atoms. The normalized spacial score (nSPS) is 16.2. The third-order valence-electron chi connectivity index (χ3n) is 7.14. The third kappa shape index (κ3) is 3.26. The summed E-state index contributed by atoms with van der Waals surface area (Å²) in [5, 5.41) is 1.84. The maximum absolute atomic E-state index is 13.3. The first-order valence-electron chi connectivity index (χ1n) is 11.7. The van der Waals surface area contributed by atoms with Crippen molar-refractivity contribution in [2.45, 2.75) is 25.9 Å². The number of likely N-dealkylation sites (N-methyl/N-ethyl adjacent to an activating group) is 1. The second kappa shape index (κ2) is 7.85. The van der Waals surface area contributed by atoms with Gasteiger partial charge in [0.25, 0.3) is 5.56 Å². The van der Waals surface area contributed by atoms with Gasteiger partial charge in [0, 0.05) is 56.6 Å². The predicted octanol–water partition coefficient (Wildman–Crippen LogP) is 2.74. The molecule has 1 fully saturated rings. The van der Waals surface area contributed by atoms with E-state index in [-0.39, 0.29) is 11.5 Å². The van der Waals surface area contributed by atoms with Gasteiger partial charge in [-0.2, -0.15) is 0 Å². The Hall–Kier alpha value is -3.45. The number of hydrogen-bond acceptors (Lipinski definition) is 4. The van der Waals surface area contributed by atoms with Gasteiger partial charge in [-0.1, -0.05) is 30.3 Å². The van der Waals surface area contributed by atoms with Gasteiger partial charge < -0.3 is 14.4 Å². The fourth-order valence-corrected chi connectivity index (χ4v) is 5.32. The van der Waals surface area contributed by atoms with Crippen LogP contribution in [-0.4, -0.2) is 63.1 Å². The maximum atomic E-state index is 13.3. The van der Waals surface area contributed by atoms with Gasteiger partial charge in [-0.3, -0.25) is 14.2 Å². The molecule has 4 heterocycles. The minimum Gasteiger partial charge on any atom is -0.340 e. The number of piperazine rings is 1. The van der Waals surface area contributed by atoms with Crippen molar-refractivity contribution in [3.63, 3.8) is 0 Å². The molecule has 0 atom stereocenters. The molecular weight excluding hydrogens is 414 g/mol. The molecule has 0 saturated carbocycles. The second-order valence-electron chi connectivity index (χ2n) is 9.09. The molecule has 2 aromatic carbocycles. The van der Waals surface area contributed by atoms with Gasteiger partial charge >= 0.3 is 0 Å². The average Bonchev–Trinajstić information content (AvgIpc) is 3.17. The van der Waals surface area contributed by atoms with Gasteiger partial charge in [-0.25, -0.2) is 4.98 Å². The number of nitrogens with zero attached hydrogens (tertiary/aromatic N) is 5. The Morgan fingerprint density at radius 3 is 2.48 bits per heavy atom. The molecular formula is C26H27N5O2. The first kappa shape index (κ1) is 20.2. The van der Waals surface area contributed by atoms with Gasteiger partial charge in [0.2, 0.25) is 5.91 Å². The van der Waals surface area contributed by atoms with Crippen LogP contribution in [0.15, 0.2) is 53.3 Å². The second-order valence-corrected chi connectivity index (χ2v) is 9.09. The molecule has 2 aliphatic rings. The summed E-state index contributed by atoms with van der Waals surface area (Å²) >= 11 is 0. The maximum Gasteiger partial charge on any atom is 0.261 e. The zero-order chi connectivity index (χ0) is 22.5. The van der Waals surface area contributed by atoms with Gasteiger partial charge in [0.05, 0.1) is 16.6 Å². The molecule has 0 aliphatic carbocycles. The number of aryl methyl sites for hydroxylation is 2. The molecule has 7 nitrogen and oxygen atoms in total. The zero-order valence-corrected chi connectivity index (χ0v) is 18.8. The fourth-order valence-electron chi connectivity index (χ4n) is 5.32. The van der Waals surface area contributed by atoms with Crippen LogP contribution in [0.2, 0.25) is 0 Å². The van der Waals surface area contributed by atoms with Crippen molar-refractivity contribution in [3.05, 3.63) is 64.4 Å². The molecule has 4 aromatic rings. The Labute approximate surface area is 191 Å². The minimum absolute atomic E-state index is 0.00608. The highest BCUT2D eigenvalue weighted by atomic mass is 16.2. The molecule has 0 radical (unpaired) electrons. The Morgan fingerprint density at radius 1 is 0.939 bits per heavy atom. The lowest BCUT2D eigenvalue weighted by molar-refractivity contribution is -0.132. The summed E-state index contributed by atoms with van der Waals surface area (Å²) < 4.78 is 4.02. The number of carbonyl (C=O) groups is 1. The van der Waals surface area contributed by atoms with Crippen LogP contribution in [0, 0.1) is 0 Å². The van der Waals surface area contributed by atoms with E-state index in [4.69, 9.17) is 4.98 Å². The largest absolute Gasteiger partial charge is 0.340 e. The van der Waals surface area contributed by atoms with Crippen LogP contribution >= 0.6 is 0 Å². The zero-order valence-electron chi connectivity index (χ0n) is 18.8. The minimum atomic E-state index is 0.00608. The Balaban J connectivity index is 1.45. The summed E-state index contributed by atoms with van der Waals surface area (Å²) in [6.45, 7) is 4.59. The highest BCUT2D eigenvalue weighted by molar-refractivity contribution is 5.92. The molecule has 168 valence electrons. The van der Waals surface area contributed by atoms with Crippen molar-refractivity contribution in [2.75, 3.05) is 33.2 Å². The van der Waals surface area contributed by atoms with Gasteiger partial charge in [0.1, 0.15) is 0 Å². The summed E-state index contributed by atoms with van der Waals surface area (Å²) in [6.07, 6.45) is 1.22. The van der Waals surface area contributed by atoms with Crippen LogP contribution in [0.4, 0.5) is 0 Å². The molecule has 33 heavy (non-hydrogen) atoms. The lowest BCUT2D eigenvalue weighted by Gasteiger charge is -2.32. The SMILES string of the molecule is CN1CCN(C(=O)CCn2c3c(c4ccccc42)CCn2c-3nc3ccccc3c2=O)CC1. The first-order valence-corrected chi connectivity index (χ1v) is 11.7. The van der Waals surface area contributed by atoms with E-state index in [1.165, 1.54) is 10.9 Å². The standard InChI is InChI=1S/C26H27N5O2/c1-28-14-16-29(17-15-28)23(32)11-13-30-22-9-5-3-6-18(22)19-10-12-31-25(24(19)30)27-21-8-4-2-7-20(21)26(31)33/h2-9H,10-17H2,1H3. The van der Waals surface area contributed by atoms with E-state index < -0.39 is 0 Å². The van der Waals surface area contributed by atoms with Crippen LogP contribution in [0.25, 0.3) is 33.3 Å². The van der Waals surface area contributed by atoms with E-state index in [2.05, 4.69) is 34.7 Å². The number of fused-ring (bicyclic) bond motifs is 6. The first-order chi connectivity index (χ1) is 16.1. The van der Waals surface area contributed by atoms with Crippen LogP contribution in [0.1, 0.15) is 12.0 Å². The number of aromatic nitrogens is 3. The molecule has 2 aliphatic heterocycles. The molecule has 0 N–H and O–H groups in total. The topological polar surface area (TPSA) is 63.4 Å².